The molecular formula is C23H19N3O2S. The van der Waals surface area contributed by atoms with E-state index < -0.39 is 0 Å². The van der Waals surface area contributed by atoms with Gasteiger partial charge < -0.3 is 9.73 Å². The molecule has 1 aromatic heterocycles. The van der Waals surface area contributed by atoms with Gasteiger partial charge in [-0.2, -0.15) is 0 Å². The molecule has 1 heterocycles. The van der Waals surface area contributed by atoms with Crippen molar-refractivity contribution in [2.75, 3.05) is 11.1 Å². The van der Waals surface area contributed by atoms with E-state index in [1.54, 1.807) is 0 Å². The van der Waals surface area contributed by atoms with E-state index in [0.717, 1.165) is 27.9 Å². The van der Waals surface area contributed by atoms with Gasteiger partial charge in [0.05, 0.1) is 5.75 Å². The van der Waals surface area contributed by atoms with E-state index in [0.29, 0.717) is 11.1 Å². The Bertz CT molecular complexity index is 1110. The molecule has 0 aliphatic heterocycles. The number of rotatable bonds is 6. The summed E-state index contributed by atoms with van der Waals surface area (Å²) in [6, 6.07) is 25.7. The van der Waals surface area contributed by atoms with Gasteiger partial charge >= 0.3 is 0 Å². The van der Waals surface area contributed by atoms with Crippen LogP contribution in [0.3, 0.4) is 0 Å². The molecule has 144 valence electrons. The zero-order chi connectivity index (χ0) is 20.1. The Morgan fingerprint density at radius 3 is 2.34 bits per heavy atom. The smallest absolute Gasteiger partial charge is 0.277 e. The number of carbonyl (C=O) groups is 1. The summed E-state index contributed by atoms with van der Waals surface area (Å²) in [7, 11) is 0. The van der Waals surface area contributed by atoms with Crippen molar-refractivity contribution in [1.82, 2.24) is 10.2 Å². The maximum atomic E-state index is 12.2. The molecule has 0 aliphatic carbocycles. The van der Waals surface area contributed by atoms with Gasteiger partial charge in [0.25, 0.3) is 5.22 Å². The van der Waals surface area contributed by atoms with Crippen molar-refractivity contribution < 1.29 is 9.21 Å². The van der Waals surface area contributed by atoms with Crippen LogP contribution in [0, 0.1) is 6.92 Å². The van der Waals surface area contributed by atoms with Gasteiger partial charge in [0.15, 0.2) is 0 Å². The number of nitrogens with zero attached hydrogens (tertiary/aromatic N) is 2. The largest absolute Gasteiger partial charge is 0.411 e. The molecule has 0 atom stereocenters. The standard InChI is InChI=1S/C23H19N3O2S/c1-16-7-5-6-10-20(16)22-25-26-23(28-22)29-15-21(27)24-19-13-11-18(12-14-19)17-8-3-2-4-9-17/h2-14H,15H2,1H3,(H,24,27). The lowest BCUT2D eigenvalue weighted by molar-refractivity contribution is -0.113. The summed E-state index contributed by atoms with van der Waals surface area (Å²) >= 11 is 1.22. The van der Waals surface area contributed by atoms with Crippen molar-refractivity contribution in [3.8, 4) is 22.6 Å². The summed E-state index contributed by atoms with van der Waals surface area (Å²) in [5.74, 6) is 0.524. The van der Waals surface area contributed by atoms with Gasteiger partial charge in [-0.1, -0.05) is 72.4 Å². The number of hydrogen-bond donors (Lipinski definition) is 1. The predicted octanol–water partition coefficient (Wildman–Crippen LogP) is 5.44. The van der Waals surface area contributed by atoms with Gasteiger partial charge in [-0.3, -0.25) is 4.79 Å². The van der Waals surface area contributed by atoms with Crippen LogP contribution in [0.15, 0.2) is 88.5 Å². The summed E-state index contributed by atoms with van der Waals surface area (Å²) < 4.78 is 5.68. The van der Waals surface area contributed by atoms with Crippen molar-refractivity contribution >= 4 is 23.4 Å². The Balaban J connectivity index is 1.33. The SMILES string of the molecule is Cc1ccccc1-c1nnc(SCC(=O)Nc2ccc(-c3ccccc3)cc2)o1. The first-order chi connectivity index (χ1) is 14.2. The number of aromatic nitrogens is 2. The highest BCUT2D eigenvalue weighted by Gasteiger charge is 2.12. The van der Waals surface area contributed by atoms with Gasteiger partial charge in [0.2, 0.25) is 11.8 Å². The minimum absolute atomic E-state index is 0.127. The minimum atomic E-state index is -0.127. The maximum absolute atomic E-state index is 12.2. The van der Waals surface area contributed by atoms with E-state index in [1.165, 1.54) is 11.8 Å². The molecule has 1 N–H and O–H groups in total. The third-order valence-electron chi connectivity index (χ3n) is 4.38. The van der Waals surface area contributed by atoms with Crippen molar-refractivity contribution in [3.63, 3.8) is 0 Å². The highest BCUT2D eigenvalue weighted by molar-refractivity contribution is 7.99. The summed E-state index contributed by atoms with van der Waals surface area (Å²) in [6.07, 6.45) is 0. The van der Waals surface area contributed by atoms with Gasteiger partial charge in [0, 0.05) is 11.3 Å². The molecule has 0 unspecified atom stereocenters. The summed E-state index contributed by atoms with van der Waals surface area (Å²) in [5.41, 5.74) is 4.95. The van der Waals surface area contributed by atoms with Crippen LogP contribution in [0.5, 0.6) is 0 Å². The molecule has 0 aliphatic rings. The molecule has 29 heavy (non-hydrogen) atoms. The molecular weight excluding hydrogens is 382 g/mol. The van der Waals surface area contributed by atoms with E-state index in [1.807, 2.05) is 73.7 Å². The number of hydrogen-bond acceptors (Lipinski definition) is 5. The van der Waals surface area contributed by atoms with Crippen molar-refractivity contribution in [1.29, 1.82) is 0 Å². The molecule has 0 bridgehead atoms. The lowest BCUT2D eigenvalue weighted by Crippen LogP contribution is -2.13. The lowest BCUT2D eigenvalue weighted by Gasteiger charge is -2.06. The van der Waals surface area contributed by atoms with Crippen LogP contribution in [-0.4, -0.2) is 21.9 Å². The number of aryl methyl sites for hydroxylation is 1. The number of anilines is 1. The summed E-state index contributed by atoms with van der Waals surface area (Å²) in [4.78, 5) is 12.2. The van der Waals surface area contributed by atoms with Gasteiger partial charge in [-0.25, -0.2) is 0 Å². The Hall–Kier alpha value is -3.38. The lowest BCUT2D eigenvalue weighted by atomic mass is 10.1. The van der Waals surface area contributed by atoms with E-state index in [9.17, 15) is 4.79 Å². The normalized spacial score (nSPS) is 10.7. The van der Waals surface area contributed by atoms with E-state index in [-0.39, 0.29) is 11.7 Å². The van der Waals surface area contributed by atoms with Crippen LogP contribution in [0.4, 0.5) is 5.69 Å². The van der Waals surface area contributed by atoms with Gasteiger partial charge in [-0.15, -0.1) is 10.2 Å². The topological polar surface area (TPSA) is 68.0 Å². The van der Waals surface area contributed by atoms with Crippen molar-refractivity contribution in [2.24, 2.45) is 0 Å². The Morgan fingerprint density at radius 2 is 1.59 bits per heavy atom. The fraction of sp³-hybridized carbons (Fsp3) is 0.0870. The second-order valence-corrected chi connectivity index (χ2v) is 7.39. The van der Waals surface area contributed by atoms with Crippen LogP contribution < -0.4 is 5.32 Å². The molecule has 0 spiro atoms. The Morgan fingerprint density at radius 1 is 0.897 bits per heavy atom. The van der Waals surface area contributed by atoms with E-state index >= 15 is 0 Å². The summed E-state index contributed by atoms with van der Waals surface area (Å²) in [6.45, 7) is 1.99. The monoisotopic (exact) mass is 401 g/mol. The molecule has 5 nitrogen and oxygen atoms in total. The number of nitrogens with one attached hydrogen (secondary N) is 1. The first-order valence-corrected chi connectivity index (χ1v) is 10.2. The molecule has 6 heteroatoms. The van der Waals surface area contributed by atoms with Crippen LogP contribution in [-0.2, 0) is 4.79 Å². The van der Waals surface area contributed by atoms with Crippen molar-refractivity contribution in [3.05, 3.63) is 84.4 Å². The average molecular weight is 401 g/mol. The van der Waals surface area contributed by atoms with Crippen LogP contribution in [0.1, 0.15) is 5.56 Å². The first-order valence-electron chi connectivity index (χ1n) is 9.17. The van der Waals surface area contributed by atoms with Crippen LogP contribution >= 0.6 is 11.8 Å². The zero-order valence-corrected chi connectivity index (χ0v) is 16.6. The number of benzene rings is 3. The van der Waals surface area contributed by atoms with Crippen molar-refractivity contribution in [2.45, 2.75) is 12.1 Å². The fourth-order valence-electron chi connectivity index (χ4n) is 2.89. The molecule has 4 aromatic rings. The second-order valence-electron chi connectivity index (χ2n) is 6.47. The second kappa shape index (κ2) is 8.75. The van der Waals surface area contributed by atoms with Crippen LogP contribution in [0.25, 0.3) is 22.6 Å². The minimum Gasteiger partial charge on any atom is -0.411 e. The maximum Gasteiger partial charge on any atom is 0.277 e. The number of amides is 1. The Labute approximate surface area is 173 Å². The molecule has 3 aromatic carbocycles. The number of carbonyl (C=O) groups excluding carboxylic acids is 1. The predicted molar refractivity (Wildman–Crippen MR) is 116 cm³/mol. The molecule has 1 amide bonds. The molecule has 4 rings (SSSR count). The van der Waals surface area contributed by atoms with E-state index in [2.05, 4.69) is 27.6 Å². The fourth-order valence-corrected chi connectivity index (χ4v) is 3.45. The van der Waals surface area contributed by atoms with Crippen LogP contribution in [0.2, 0.25) is 0 Å². The molecule has 0 radical (unpaired) electrons. The summed E-state index contributed by atoms with van der Waals surface area (Å²) in [5, 5.41) is 11.4. The third kappa shape index (κ3) is 4.73. The van der Waals surface area contributed by atoms with E-state index in [4.69, 9.17) is 4.42 Å². The molecule has 0 saturated heterocycles. The zero-order valence-electron chi connectivity index (χ0n) is 15.8. The van der Waals surface area contributed by atoms with Gasteiger partial charge in [0.1, 0.15) is 0 Å². The molecule has 0 saturated carbocycles. The third-order valence-corrected chi connectivity index (χ3v) is 5.20. The highest BCUT2D eigenvalue weighted by Crippen LogP contribution is 2.26. The Kier molecular flexibility index (Phi) is 5.72. The van der Waals surface area contributed by atoms with Gasteiger partial charge in [-0.05, 0) is 41.8 Å². The number of thioether (sulfide) groups is 1. The molecule has 0 fully saturated rings. The highest BCUT2D eigenvalue weighted by atomic mass is 32.2. The first kappa shape index (κ1) is 19.0. The average Bonchev–Trinajstić information content (AvgIpc) is 3.23. The quantitative estimate of drug-likeness (QED) is 0.436.